The van der Waals surface area contributed by atoms with Gasteiger partial charge in [-0.2, -0.15) is 15.0 Å². The minimum absolute atomic E-state index is 0.154. The molecule has 2 aromatic rings. The molecule has 0 radical (unpaired) electrons. The average molecular weight is 231 g/mol. The van der Waals surface area contributed by atoms with Crippen molar-refractivity contribution in [2.45, 2.75) is 32.9 Å². The standard InChI is InChI=1S/C13H17N3O/c1-13(2,3)11-6-4-10(5-7-11)12-8-14-16(9-17)15-12/h4-8,17H,9H2,1-3H3. The molecule has 1 aromatic carbocycles. The van der Waals surface area contributed by atoms with Crippen LogP contribution >= 0.6 is 0 Å². The zero-order valence-corrected chi connectivity index (χ0v) is 10.4. The second-order valence-corrected chi connectivity index (χ2v) is 5.07. The highest BCUT2D eigenvalue weighted by atomic mass is 16.3. The molecule has 17 heavy (non-hydrogen) atoms. The zero-order valence-electron chi connectivity index (χ0n) is 10.4. The molecule has 0 saturated heterocycles. The second-order valence-electron chi connectivity index (χ2n) is 5.07. The maximum Gasteiger partial charge on any atom is 0.155 e. The predicted octanol–water partition coefficient (Wildman–Crippen LogP) is 2.19. The largest absolute Gasteiger partial charge is 0.373 e. The number of aliphatic hydroxyl groups excluding tert-OH is 1. The minimum atomic E-state index is -0.194. The SMILES string of the molecule is CC(C)(C)c1ccc(-c2cnn(CO)n2)cc1. The van der Waals surface area contributed by atoms with Gasteiger partial charge >= 0.3 is 0 Å². The van der Waals surface area contributed by atoms with E-state index in [-0.39, 0.29) is 12.1 Å². The number of aliphatic hydroxyl groups is 1. The summed E-state index contributed by atoms with van der Waals surface area (Å²) in [5.74, 6) is 0. The highest BCUT2D eigenvalue weighted by Crippen LogP contribution is 2.24. The van der Waals surface area contributed by atoms with Crippen LogP contribution in [0.3, 0.4) is 0 Å². The molecule has 0 spiro atoms. The Kier molecular flexibility index (Phi) is 2.98. The first kappa shape index (κ1) is 11.8. The fraction of sp³-hybridized carbons (Fsp3) is 0.385. The first-order valence-electron chi connectivity index (χ1n) is 5.62. The van der Waals surface area contributed by atoms with Gasteiger partial charge in [0.05, 0.1) is 6.20 Å². The van der Waals surface area contributed by atoms with Crippen LogP contribution in [0, 0.1) is 0 Å². The third kappa shape index (κ3) is 2.53. The van der Waals surface area contributed by atoms with Gasteiger partial charge in [-0.1, -0.05) is 45.0 Å². The Morgan fingerprint density at radius 2 is 1.82 bits per heavy atom. The quantitative estimate of drug-likeness (QED) is 0.862. The molecule has 0 amide bonds. The molecule has 0 aliphatic carbocycles. The molecule has 0 saturated carbocycles. The van der Waals surface area contributed by atoms with Crippen molar-refractivity contribution in [3.63, 3.8) is 0 Å². The van der Waals surface area contributed by atoms with Crippen LogP contribution in [0.15, 0.2) is 30.5 Å². The van der Waals surface area contributed by atoms with E-state index >= 15 is 0 Å². The summed E-state index contributed by atoms with van der Waals surface area (Å²) >= 11 is 0. The molecule has 1 heterocycles. The molecule has 4 heteroatoms. The average Bonchev–Trinajstić information content (AvgIpc) is 2.76. The molecule has 1 N–H and O–H groups in total. The lowest BCUT2D eigenvalue weighted by molar-refractivity contribution is 0.178. The molecule has 0 aliphatic rings. The lowest BCUT2D eigenvalue weighted by Gasteiger charge is -2.18. The van der Waals surface area contributed by atoms with Crippen LogP contribution in [-0.2, 0) is 12.1 Å². The van der Waals surface area contributed by atoms with Gasteiger partial charge in [-0.25, -0.2) is 0 Å². The lowest BCUT2D eigenvalue weighted by Crippen LogP contribution is -2.10. The molecule has 0 atom stereocenters. The normalized spacial score (nSPS) is 11.8. The molecule has 0 aliphatic heterocycles. The van der Waals surface area contributed by atoms with Gasteiger partial charge in [0, 0.05) is 5.56 Å². The number of hydrogen-bond donors (Lipinski definition) is 1. The van der Waals surface area contributed by atoms with Gasteiger partial charge in [0.1, 0.15) is 5.69 Å². The van der Waals surface area contributed by atoms with E-state index in [1.54, 1.807) is 6.20 Å². The molecular weight excluding hydrogens is 214 g/mol. The van der Waals surface area contributed by atoms with Crippen molar-refractivity contribution in [2.24, 2.45) is 0 Å². The van der Waals surface area contributed by atoms with E-state index in [1.165, 1.54) is 10.4 Å². The summed E-state index contributed by atoms with van der Waals surface area (Å²) in [7, 11) is 0. The van der Waals surface area contributed by atoms with Crippen LogP contribution < -0.4 is 0 Å². The van der Waals surface area contributed by atoms with E-state index < -0.39 is 0 Å². The van der Waals surface area contributed by atoms with Crippen molar-refractivity contribution in [1.82, 2.24) is 15.0 Å². The second kappa shape index (κ2) is 4.30. The first-order valence-corrected chi connectivity index (χ1v) is 5.62. The van der Waals surface area contributed by atoms with Crippen molar-refractivity contribution in [3.8, 4) is 11.3 Å². The number of aromatic nitrogens is 3. The molecule has 0 fully saturated rings. The molecular formula is C13H17N3O. The van der Waals surface area contributed by atoms with E-state index in [0.717, 1.165) is 11.3 Å². The van der Waals surface area contributed by atoms with Crippen LogP contribution in [-0.4, -0.2) is 20.1 Å². The van der Waals surface area contributed by atoms with Crippen LogP contribution in [0.2, 0.25) is 0 Å². The topological polar surface area (TPSA) is 50.9 Å². The van der Waals surface area contributed by atoms with Gasteiger partial charge in [-0.15, -0.1) is 0 Å². The minimum Gasteiger partial charge on any atom is -0.373 e. The summed E-state index contributed by atoms with van der Waals surface area (Å²) in [6.45, 7) is 6.36. The van der Waals surface area contributed by atoms with E-state index in [0.29, 0.717) is 0 Å². The van der Waals surface area contributed by atoms with E-state index in [2.05, 4.69) is 43.1 Å². The summed E-state index contributed by atoms with van der Waals surface area (Å²) in [4.78, 5) is 1.26. The Morgan fingerprint density at radius 1 is 1.18 bits per heavy atom. The highest BCUT2D eigenvalue weighted by molar-refractivity contribution is 5.58. The van der Waals surface area contributed by atoms with E-state index in [4.69, 9.17) is 5.11 Å². The highest BCUT2D eigenvalue weighted by Gasteiger charge is 2.13. The van der Waals surface area contributed by atoms with Crippen molar-refractivity contribution < 1.29 is 5.11 Å². The Bertz CT molecular complexity index is 494. The molecule has 0 bridgehead atoms. The Labute approximate surface area is 101 Å². The number of benzene rings is 1. The fourth-order valence-corrected chi connectivity index (χ4v) is 1.64. The summed E-state index contributed by atoms with van der Waals surface area (Å²) in [6, 6.07) is 8.28. The van der Waals surface area contributed by atoms with Gasteiger partial charge in [0.2, 0.25) is 0 Å². The summed E-state index contributed by atoms with van der Waals surface area (Å²) in [6.07, 6.45) is 1.66. The van der Waals surface area contributed by atoms with Crippen LogP contribution in [0.4, 0.5) is 0 Å². The van der Waals surface area contributed by atoms with Crippen molar-refractivity contribution >= 4 is 0 Å². The summed E-state index contributed by atoms with van der Waals surface area (Å²) in [5.41, 5.74) is 3.23. The molecule has 4 nitrogen and oxygen atoms in total. The monoisotopic (exact) mass is 231 g/mol. The Morgan fingerprint density at radius 3 is 2.29 bits per heavy atom. The fourth-order valence-electron chi connectivity index (χ4n) is 1.64. The van der Waals surface area contributed by atoms with Crippen molar-refractivity contribution in [3.05, 3.63) is 36.0 Å². The number of hydrogen-bond acceptors (Lipinski definition) is 3. The molecule has 90 valence electrons. The van der Waals surface area contributed by atoms with E-state index in [9.17, 15) is 0 Å². The zero-order chi connectivity index (χ0) is 12.5. The molecule has 0 unspecified atom stereocenters. The smallest absolute Gasteiger partial charge is 0.155 e. The predicted molar refractivity (Wildman–Crippen MR) is 66.4 cm³/mol. The first-order chi connectivity index (χ1) is 8.00. The van der Waals surface area contributed by atoms with Gasteiger partial charge < -0.3 is 5.11 Å². The van der Waals surface area contributed by atoms with Crippen molar-refractivity contribution in [2.75, 3.05) is 0 Å². The van der Waals surface area contributed by atoms with Gasteiger partial charge in [-0.3, -0.25) is 0 Å². The van der Waals surface area contributed by atoms with Gasteiger partial charge in [-0.05, 0) is 11.0 Å². The third-order valence-corrected chi connectivity index (χ3v) is 2.71. The van der Waals surface area contributed by atoms with Crippen LogP contribution in [0.5, 0.6) is 0 Å². The summed E-state index contributed by atoms with van der Waals surface area (Å²) in [5, 5.41) is 17.0. The van der Waals surface area contributed by atoms with E-state index in [1.807, 2.05) is 12.1 Å². The molecule has 1 aromatic heterocycles. The van der Waals surface area contributed by atoms with Gasteiger partial charge in [0.25, 0.3) is 0 Å². The number of nitrogens with zero attached hydrogens (tertiary/aromatic N) is 3. The Balaban J connectivity index is 2.29. The van der Waals surface area contributed by atoms with Crippen LogP contribution in [0.1, 0.15) is 26.3 Å². The maximum absolute atomic E-state index is 8.89. The Hall–Kier alpha value is -1.68. The van der Waals surface area contributed by atoms with Crippen molar-refractivity contribution in [1.29, 1.82) is 0 Å². The lowest BCUT2D eigenvalue weighted by atomic mass is 9.86. The third-order valence-electron chi connectivity index (χ3n) is 2.71. The van der Waals surface area contributed by atoms with Crippen LogP contribution in [0.25, 0.3) is 11.3 Å². The molecule has 2 rings (SSSR count). The van der Waals surface area contributed by atoms with Gasteiger partial charge in [0.15, 0.2) is 6.73 Å². The summed E-state index contributed by atoms with van der Waals surface area (Å²) < 4.78 is 0. The number of rotatable bonds is 2. The maximum atomic E-state index is 8.89.